The third-order valence-electron chi connectivity index (χ3n) is 5.60. The second kappa shape index (κ2) is 8.75. The van der Waals surface area contributed by atoms with Gasteiger partial charge in [0.1, 0.15) is 0 Å². The zero-order valence-corrected chi connectivity index (χ0v) is 18.8. The van der Waals surface area contributed by atoms with E-state index in [4.69, 9.17) is 15.0 Å². The van der Waals surface area contributed by atoms with Crippen molar-refractivity contribution in [2.75, 3.05) is 5.32 Å². The van der Waals surface area contributed by atoms with Gasteiger partial charge in [0.2, 0.25) is 0 Å². The molecule has 6 nitrogen and oxygen atoms in total. The lowest BCUT2D eigenvalue weighted by atomic mass is 9.98. The maximum atomic E-state index is 11.9. The normalized spacial score (nSPS) is 14.2. The quantitative estimate of drug-likeness (QED) is 0.394. The molecular weight excluding hydrogens is 424 g/mol. The smallest absolute Gasteiger partial charge is 0.336 e. The van der Waals surface area contributed by atoms with Gasteiger partial charge in [-0.05, 0) is 49.6 Å². The summed E-state index contributed by atoms with van der Waals surface area (Å²) in [6.07, 6.45) is 0. The van der Waals surface area contributed by atoms with Crippen LogP contribution in [0.2, 0.25) is 0 Å². The fraction of sp³-hybridized carbons (Fsp3) is 0.0714. The van der Waals surface area contributed by atoms with E-state index in [2.05, 4.69) is 5.32 Å². The van der Waals surface area contributed by atoms with Gasteiger partial charge in [-0.25, -0.2) is 19.8 Å². The zero-order valence-electron chi connectivity index (χ0n) is 18.8. The molecule has 0 amide bonds. The lowest BCUT2D eigenvalue weighted by molar-refractivity contribution is 0.0699. The van der Waals surface area contributed by atoms with Crippen LogP contribution in [0.15, 0.2) is 99.9 Å². The van der Waals surface area contributed by atoms with Crippen molar-refractivity contribution in [1.82, 2.24) is 0 Å². The van der Waals surface area contributed by atoms with Gasteiger partial charge in [-0.15, -0.1) is 0 Å². The van der Waals surface area contributed by atoms with Crippen molar-refractivity contribution in [2.24, 2.45) is 15.0 Å². The Balaban J connectivity index is 1.65. The molecule has 4 aromatic carbocycles. The predicted molar refractivity (Wildman–Crippen MR) is 138 cm³/mol. The van der Waals surface area contributed by atoms with Crippen LogP contribution >= 0.6 is 0 Å². The van der Waals surface area contributed by atoms with Crippen LogP contribution in [0, 0.1) is 13.8 Å². The fourth-order valence-electron chi connectivity index (χ4n) is 3.84. The van der Waals surface area contributed by atoms with Crippen LogP contribution in [0.5, 0.6) is 0 Å². The summed E-state index contributed by atoms with van der Waals surface area (Å²) < 4.78 is 0. The molecule has 0 radical (unpaired) electrons. The molecule has 6 heteroatoms. The largest absolute Gasteiger partial charge is 0.478 e. The summed E-state index contributed by atoms with van der Waals surface area (Å²) in [5, 5.41) is 14.5. The first-order chi connectivity index (χ1) is 16.5. The minimum atomic E-state index is -0.993. The van der Waals surface area contributed by atoms with Gasteiger partial charge in [0.15, 0.2) is 17.5 Å². The molecule has 2 N–H and O–H groups in total. The van der Waals surface area contributed by atoms with Crippen LogP contribution in [0.1, 0.15) is 27.0 Å². The zero-order chi connectivity index (χ0) is 23.7. The number of nitrogens with one attached hydrogen (secondary N) is 1. The van der Waals surface area contributed by atoms with Crippen molar-refractivity contribution in [3.8, 4) is 0 Å². The molecule has 166 valence electrons. The molecule has 1 aliphatic rings. The van der Waals surface area contributed by atoms with E-state index in [1.54, 1.807) is 12.1 Å². The van der Waals surface area contributed by atoms with E-state index in [1.165, 1.54) is 0 Å². The van der Waals surface area contributed by atoms with Crippen molar-refractivity contribution in [3.63, 3.8) is 0 Å². The Morgan fingerprint density at radius 2 is 1.47 bits per heavy atom. The summed E-state index contributed by atoms with van der Waals surface area (Å²) in [4.78, 5) is 26.1. The third kappa shape index (κ3) is 4.21. The average Bonchev–Trinajstić information content (AvgIpc) is 3.23. The summed E-state index contributed by atoms with van der Waals surface area (Å²) in [5.74, 6) is 0.362. The second-order valence-corrected chi connectivity index (χ2v) is 8.17. The molecule has 0 spiro atoms. The molecule has 0 saturated heterocycles. The Hall–Kier alpha value is -4.58. The predicted octanol–water partition coefficient (Wildman–Crippen LogP) is 6.16. The number of aryl methyl sites for hydroxylation is 2. The van der Waals surface area contributed by atoms with Crippen molar-refractivity contribution in [1.29, 1.82) is 0 Å². The van der Waals surface area contributed by atoms with Crippen LogP contribution in [0.3, 0.4) is 0 Å². The lowest BCUT2D eigenvalue weighted by Gasteiger charge is -2.08. The first-order valence-corrected chi connectivity index (χ1v) is 10.9. The molecule has 1 aliphatic heterocycles. The van der Waals surface area contributed by atoms with E-state index in [0.717, 1.165) is 27.9 Å². The fourth-order valence-corrected chi connectivity index (χ4v) is 3.84. The number of carbonyl (C=O) groups is 1. The molecule has 0 unspecified atom stereocenters. The number of amidine groups is 3. The van der Waals surface area contributed by atoms with Crippen molar-refractivity contribution < 1.29 is 9.90 Å². The summed E-state index contributed by atoms with van der Waals surface area (Å²) in [7, 11) is 0. The van der Waals surface area contributed by atoms with Gasteiger partial charge in [-0.2, -0.15) is 0 Å². The number of carboxylic acid groups (broad SMARTS) is 1. The van der Waals surface area contributed by atoms with Crippen molar-refractivity contribution >= 4 is 45.6 Å². The molecule has 34 heavy (non-hydrogen) atoms. The molecule has 4 aromatic rings. The highest BCUT2D eigenvalue weighted by Gasteiger charge is 2.23. The van der Waals surface area contributed by atoms with Crippen LogP contribution < -0.4 is 5.32 Å². The number of benzene rings is 4. The van der Waals surface area contributed by atoms with E-state index in [9.17, 15) is 9.90 Å². The molecule has 0 fully saturated rings. The van der Waals surface area contributed by atoms with Crippen LogP contribution in [0.4, 0.5) is 11.4 Å². The molecule has 5 rings (SSSR count). The summed E-state index contributed by atoms with van der Waals surface area (Å²) >= 11 is 0. The van der Waals surface area contributed by atoms with Gasteiger partial charge < -0.3 is 10.4 Å². The maximum absolute atomic E-state index is 11.9. The Morgan fingerprint density at radius 3 is 2.15 bits per heavy atom. The Labute approximate surface area is 197 Å². The molecular formula is C28H22N4O2. The van der Waals surface area contributed by atoms with Crippen LogP contribution in [0.25, 0.3) is 10.8 Å². The number of aromatic carboxylic acids is 1. The minimum Gasteiger partial charge on any atom is -0.478 e. The topological polar surface area (TPSA) is 86.4 Å². The van der Waals surface area contributed by atoms with Gasteiger partial charge >= 0.3 is 5.97 Å². The Kier molecular flexibility index (Phi) is 5.47. The molecule has 0 aliphatic carbocycles. The van der Waals surface area contributed by atoms with Gasteiger partial charge in [-0.3, -0.25) is 0 Å². The molecule has 0 atom stereocenters. The highest BCUT2D eigenvalue weighted by atomic mass is 16.4. The van der Waals surface area contributed by atoms with Crippen LogP contribution in [-0.2, 0) is 0 Å². The third-order valence-corrected chi connectivity index (χ3v) is 5.60. The van der Waals surface area contributed by atoms with Crippen molar-refractivity contribution in [2.45, 2.75) is 13.8 Å². The number of fused-ring (bicyclic) bond motifs is 1. The van der Waals surface area contributed by atoms with E-state index in [1.807, 2.05) is 86.6 Å². The number of nitrogens with zero attached hydrogens (tertiary/aromatic N) is 3. The maximum Gasteiger partial charge on any atom is 0.336 e. The second-order valence-electron chi connectivity index (χ2n) is 8.17. The minimum absolute atomic E-state index is 0.211. The first-order valence-electron chi connectivity index (χ1n) is 10.9. The highest BCUT2D eigenvalue weighted by Crippen LogP contribution is 2.26. The van der Waals surface area contributed by atoms with E-state index < -0.39 is 5.97 Å². The number of hydrogen-bond donors (Lipinski definition) is 2. The Morgan fingerprint density at radius 1 is 0.824 bits per heavy atom. The van der Waals surface area contributed by atoms with E-state index >= 15 is 0 Å². The van der Waals surface area contributed by atoms with Gasteiger partial charge in [-0.1, -0.05) is 65.7 Å². The Bertz CT molecular complexity index is 1490. The molecule has 0 aromatic heterocycles. The van der Waals surface area contributed by atoms with Crippen LogP contribution in [-0.4, -0.2) is 28.6 Å². The summed E-state index contributed by atoms with van der Waals surface area (Å²) in [6, 6.07) is 26.7. The number of hydrogen-bond acceptors (Lipinski definition) is 4. The monoisotopic (exact) mass is 446 g/mol. The lowest BCUT2D eigenvalue weighted by Crippen LogP contribution is -2.18. The van der Waals surface area contributed by atoms with Crippen molar-refractivity contribution in [3.05, 3.63) is 107 Å². The SMILES string of the molecule is Cc1ccc(N=C2N=C(c3cccc4cccc(C(=O)O)c34)N=C2Nc2ccc(C)cc2)cc1. The molecule has 0 saturated carbocycles. The van der Waals surface area contributed by atoms with E-state index in [-0.39, 0.29) is 5.56 Å². The number of rotatable bonds is 4. The summed E-state index contributed by atoms with van der Waals surface area (Å²) in [6.45, 7) is 4.05. The van der Waals surface area contributed by atoms with Gasteiger partial charge in [0, 0.05) is 16.6 Å². The van der Waals surface area contributed by atoms with Gasteiger partial charge in [0.25, 0.3) is 0 Å². The first kappa shape index (κ1) is 21.3. The molecule has 1 heterocycles. The van der Waals surface area contributed by atoms with Gasteiger partial charge in [0.05, 0.1) is 11.3 Å². The molecule has 0 bridgehead atoms. The number of aliphatic imine (C=N–C) groups is 3. The average molecular weight is 447 g/mol. The highest BCUT2D eigenvalue weighted by molar-refractivity contribution is 6.52. The number of anilines is 1. The van der Waals surface area contributed by atoms with E-state index in [0.29, 0.717) is 28.5 Å². The number of carboxylic acids is 1. The standard InChI is InChI=1S/C28H22N4O2/c1-17-9-13-20(14-10-17)29-26-27(30-21-15-11-18(2)12-16-21)32-25(31-26)22-7-3-5-19-6-4-8-23(24(19)22)28(33)34/h3-16H,1-2H3,(H,33,34)(H,29,30,31,32). The summed E-state index contributed by atoms with van der Waals surface area (Å²) in [5.41, 5.74) is 4.77.